The molecule has 1 N–H and O–H groups in total. The number of carbonyl (C=O) groups excluding carboxylic acids is 3. The SMILES string of the molecule is CN(NC(=O)CN1C(=O)C(F)(F)Oc2cc(F)c(-c3c(F)c(F)c(F)c(F)c3F)cc21)C(=O)OC(C)(C)C. The Kier molecular flexibility index (Phi) is 7.22. The van der Waals surface area contributed by atoms with Crippen LogP contribution in [0.4, 0.5) is 45.6 Å². The van der Waals surface area contributed by atoms with Crippen molar-refractivity contribution in [2.75, 3.05) is 18.5 Å². The largest absolute Gasteiger partial charge is 0.482 e. The van der Waals surface area contributed by atoms with Crippen molar-refractivity contribution in [3.8, 4) is 16.9 Å². The zero-order chi connectivity index (χ0) is 28.9. The number of carbonyl (C=O) groups is 3. The molecule has 0 saturated carbocycles. The third kappa shape index (κ3) is 5.28. The van der Waals surface area contributed by atoms with Crippen molar-refractivity contribution in [3.05, 3.63) is 47.0 Å². The lowest BCUT2D eigenvalue weighted by Crippen LogP contribution is -2.55. The number of hydrogen-bond acceptors (Lipinski definition) is 5. The van der Waals surface area contributed by atoms with Gasteiger partial charge in [0, 0.05) is 18.7 Å². The molecule has 0 radical (unpaired) electrons. The fraction of sp³-hybridized carbons (Fsp3) is 0.318. The first-order valence-corrected chi connectivity index (χ1v) is 10.4. The Morgan fingerprint density at radius 3 is 2.05 bits per heavy atom. The lowest BCUT2D eigenvalue weighted by atomic mass is 10.0. The Balaban J connectivity index is 2.05. The molecule has 0 atom stereocenters. The van der Waals surface area contributed by atoms with Crippen LogP contribution >= 0.6 is 0 Å². The Labute approximate surface area is 208 Å². The first-order valence-electron chi connectivity index (χ1n) is 10.4. The van der Waals surface area contributed by atoms with Gasteiger partial charge in [0.2, 0.25) is 5.82 Å². The van der Waals surface area contributed by atoms with Crippen LogP contribution in [0.5, 0.6) is 5.75 Å². The second kappa shape index (κ2) is 9.64. The number of alkyl halides is 2. The molecule has 0 fully saturated rings. The summed E-state index contributed by atoms with van der Waals surface area (Å²) in [5, 5.41) is 0.516. The van der Waals surface area contributed by atoms with E-state index in [2.05, 4.69) is 4.74 Å². The highest BCUT2D eigenvalue weighted by atomic mass is 19.3. The lowest BCUT2D eigenvalue weighted by Gasteiger charge is -2.34. The summed E-state index contributed by atoms with van der Waals surface area (Å²) in [7, 11) is 1.02. The third-order valence-electron chi connectivity index (χ3n) is 4.81. The van der Waals surface area contributed by atoms with Gasteiger partial charge in [0.1, 0.15) is 18.0 Å². The van der Waals surface area contributed by atoms with Gasteiger partial charge in [-0.05, 0) is 26.8 Å². The summed E-state index contributed by atoms with van der Waals surface area (Å²) in [6, 6.07) is 0.404. The molecule has 1 heterocycles. The zero-order valence-corrected chi connectivity index (χ0v) is 19.8. The first-order chi connectivity index (χ1) is 17.4. The van der Waals surface area contributed by atoms with Gasteiger partial charge in [0.05, 0.1) is 11.3 Å². The number of fused-ring (bicyclic) bond motifs is 1. The van der Waals surface area contributed by atoms with Crippen molar-refractivity contribution in [3.63, 3.8) is 0 Å². The molecule has 0 saturated heterocycles. The van der Waals surface area contributed by atoms with Gasteiger partial charge in [-0.2, -0.15) is 8.78 Å². The molecule has 206 valence electrons. The number of ether oxygens (including phenoxy) is 2. The van der Waals surface area contributed by atoms with Gasteiger partial charge in [0.25, 0.3) is 5.91 Å². The van der Waals surface area contributed by atoms with Crippen LogP contribution in [0, 0.1) is 34.9 Å². The number of hydrazine groups is 1. The molecular weight excluding hydrogens is 538 g/mol. The van der Waals surface area contributed by atoms with E-state index in [0.29, 0.717) is 11.1 Å². The standard InChI is InChI=1S/C22H17F8N3O5/c1-21(2,3)38-20(36)32(4)31-12(34)7-33-10-5-8(9(23)6-11(10)37-22(29,30)19(33)35)13-14(24)16(26)18(28)17(27)15(13)25/h5-6H,7H2,1-4H3,(H,31,34). The number of rotatable bonds is 3. The highest BCUT2D eigenvalue weighted by Gasteiger charge is 2.51. The van der Waals surface area contributed by atoms with Gasteiger partial charge < -0.3 is 9.47 Å². The minimum atomic E-state index is -4.65. The average molecular weight is 555 g/mol. The van der Waals surface area contributed by atoms with Crippen LogP contribution in [0.1, 0.15) is 20.8 Å². The van der Waals surface area contributed by atoms with Gasteiger partial charge in [0.15, 0.2) is 29.0 Å². The number of benzene rings is 2. The molecule has 0 aliphatic carbocycles. The van der Waals surface area contributed by atoms with Gasteiger partial charge in [-0.15, -0.1) is 0 Å². The van der Waals surface area contributed by atoms with E-state index in [4.69, 9.17) is 4.74 Å². The maximum absolute atomic E-state index is 14.7. The van der Waals surface area contributed by atoms with E-state index in [1.807, 2.05) is 5.43 Å². The molecule has 3 amide bonds. The Bertz CT molecular complexity index is 1320. The molecule has 3 rings (SSSR count). The minimum absolute atomic E-state index is 0.00604. The third-order valence-corrected chi connectivity index (χ3v) is 4.81. The summed E-state index contributed by atoms with van der Waals surface area (Å²) < 4.78 is 122. The van der Waals surface area contributed by atoms with Gasteiger partial charge in [-0.25, -0.2) is 36.1 Å². The number of halogens is 8. The van der Waals surface area contributed by atoms with Crippen LogP contribution in [0.2, 0.25) is 0 Å². The summed E-state index contributed by atoms with van der Waals surface area (Å²) in [5.74, 6) is -18.6. The molecule has 38 heavy (non-hydrogen) atoms. The van der Waals surface area contributed by atoms with Gasteiger partial charge in [-0.3, -0.25) is 19.9 Å². The van der Waals surface area contributed by atoms with E-state index >= 15 is 0 Å². The van der Waals surface area contributed by atoms with Crippen molar-refractivity contribution < 1.29 is 59.0 Å². The molecule has 1 aliphatic rings. The van der Waals surface area contributed by atoms with Crippen LogP contribution in [-0.2, 0) is 14.3 Å². The van der Waals surface area contributed by atoms with Crippen LogP contribution in [0.3, 0.4) is 0 Å². The van der Waals surface area contributed by atoms with Crippen molar-refractivity contribution in [2.24, 2.45) is 0 Å². The zero-order valence-electron chi connectivity index (χ0n) is 19.8. The lowest BCUT2D eigenvalue weighted by molar-refractivity contribution is -0.193. The summed E-state index contributed by atoms with van der Waals surface area (Å²) in [6.45, 7) is 3.23. The van der Waals surface area contributed by atoms with Crippen LogP contribution in [0.15, 0.2) is 12.1 Å². The van der Waals surface area contributed by atoms with Crippen LogP contribution in [-0.4, -0.2) is 48.2 Å². The predicted octanol–water partition coefficient (Wildman–Crippen LogP) is 4.40. The van der Waals surface area contributed by atoms with Gasteiger partial charge in [-0.1, -0.05) is 0 Å². The predicted molar refractivity (Wildman–Crippen MR) is 112 cm³/mol. The van der Waals surface area contributed by atoms with Crippen molar-refractivity contribution in [1.29, 1.82) is 0 Å². The van der Waals surface area contributed by atoms with Crippen LogP contribution < -0.4 is 15.1 Å². The summed E-state index contributed by atoms with van der Waals surface area (Å²) >= 11 is 0. The van der Waals surface area contributed by atoms with E-state index in [-0.39, 0.29) is 11.0 Å². The molecule has 1 aliphatic heterocycles. The normalized spacial score (nSPS) is 14.5. The molecular formula is C22H17F8N3O5. The van der Waals surface area contributed by atoms with Crippen molar-refractivity contribution >= 4 is 23.6 Å². The maximum Gasteiger partial charge on any atom is 0.482 e. The fourth-order valence-electron chi connectivity index (χ4n) is 3.22. The fourth-order valence-corrected chi connectivity index (χ4v) is 3.22. The first kappa shape index (κ1) is 28.5. The Morgan fingerprint density at radius 1 is 1.00 bits per heavy atom. The number of nitrogens with zero attached hydrogens (tertiary/aromatic N) is 2. The molecule has 0 bridgehead atoms. The highest BCUT2D eigenvalue weighted by molar-refractivity contribution is 6.05. The number of nitrogens with one attached hydrogen (secondary N) is 1. The Hall–Kier alpha value is -4.11. The van der Waals surface area contributed by atoms with E-state index in [0.717, 1.165) is 7.05 Å². The smallest absolute Gasteiger partial charge is 0.442 e. The van der Waals surface area contributed by atoms with E-state index in [1.165, 1.54) is 20.8 Å². The summed E-state index contributed by atoms with van der Waals surface area (Å²) in [6.07, 6.45) is -5.73. The van der Waals surface area contributed by atoms with Crippen molar-refractivity contribution in [1.82, 2.24) is 10.4 Å². The highest BCUT2D eigenvalue weighted by Crippen LogP contribution is 2.44. The number of hydrogen-bond donors (Lipinski definition) is 1. The van der Waals surface area contributed by atoms with Gasteiger partial charge >= 0.3 is 18.1 Å². The number of anilines is 1. The second-order valence-corrected chi connectivity index (χ2v) is 8.83. The molecule has 0 spiro atoms. The number of amides is 3. The van der Waals surface area contributed by atoms with Crippen LogP contribution in [0.25, 0.3) is 11.1 Å². The maximum atomic E-state index is 14.7. The molecule has 2 aromatic carbocycles. The monoisotopic (exact) mass is 555 g/mol. The quantitative estimate of drug-likeness (QED) is 0.263. The molecule has 0 aromatic heterocycles. The average Bonchev–Trinajstić information content (AvgIpc) is 2.79. The molecule has 16 heteroatoms. The summed E-state index contributed by atoms with van der Waals surface area (Å²) in [5.41, 5.74) is -3.02. The second-order valence-electron chi connectivity index (χ2n) is 8.83. The van der Waals surface area contributed by atoms with Crippen molar-refractivity contribution in [2.45, 2.75) is 32.5 Å². The molecule has 0 unspecified atom stereocenters. The molecule has 2 aromatic rings. The van der Waals surface area contributed by atoms with E-state index in [1.54, 1.807) is 0 Å². The Morgan fingerprint density at radius 2 is 1.53 bits per heavy atom. The van der Waals surface area contributed by atoms with E-state index < -0.39 is 93.6 Å². The topological polar surface area (TPSA) is 88.2 Å². The minimum Gasteiger partial charge on any atom is -0.442 e. The molecule has 8 nitrogen and oxygen atoms in total. The summed E-state index contributed by atoms with van der Waals surface area (Å²) in [4.78, 5) is 36.8. The van der Waals surface area contributed by atoms with E-state index in [9.17, 15) is 49.5 Å².